The molecule has 2 heterocycles. The molecule has 0 aliphatic carbocycles. The molecule has 114 valence electrons. The van der Waals surface area contributed by atoms with E-state index in [-0.39, 0.29) is 5.41 Å². The van der Waals surface area contributed by atoms with Crippen molar-refractivity contribution in [2.24, 2.45) is 5.92 Å². The summed E-state index contributed by atoms with van der Waals surface area (Å²) in [5, 5.41) is 3.45. The van der Waals surface area contributed by atoms with Crippen molar-refractivity contribution in [2.45, 2.75) is 78.8 Å². The van der Waals surface area contributed by atoms with E-state index < -0.39 is 0 Å². The fraction of sp³-hybridized carbons (Fsp3) is 0.824. The highest BCUT2D eigenvalue weighted by Crippen LogP contribution is 2.31. The fourth-order valence-electron chi connectivity index (χ4n) is 3.04. The van der Waals surface area contributed by atoms with Crippen LogP contribution in [-0.2, 0) is 18.4 Å². The van der Waals surface area contributed by atoms with Crippen molar-refractivity contribution < 1.29 is 0 Å². The van der Waals surface area contributed by atoms with Gasteiger partial charge in [-0.1, -0.05) is 34.6 Å². The molecule has 0 amide bonds. The lowest BCUT2D eigenvalue weighted by molar-refractivity contribution is 0.392. The van der Waals surface area contributed by atoms with Gasteiger partial charge in [0, 0.05) is 36.7 Å². The molecule has 20 heavy (non-hydrogen) atoms. The number of nitrogens with zero attached hydrogens (tertiary/aromatic N) is 2. The highest BCUT2D eigenvalue weighted by atomic mass is 15.1. The van der Waals surface area contributed by atoms with Crippen molar-refractivity contribution in [1.82, 2.24) is 14.9 Å². The number of nitrogens with one attached hydrogen (secondary N) is 1. The van der Waals surface area contributed by atoms with E-state index in [9.17, 15) is 0 Å². The third-order valence-corrected chi connectivity index (χ3v) is 4.20. The summed E-state index contributed by atoms with van der Waals surface area (Å²) >= 11 is 0. The minimum absolute atomic E-state index is 0.115. The van der Waals surface area contributed by atoms with Crippen molar-refractivity contribution in [2.75, 3.05) is 6.54 Å². The Morgan fingerprint density at radius 1 is 1.20 bits per heavy atom. The third kappa shape index (κ3) is 3.25. The first-order valence-corrected chi connectivity index (χ1v) is 8.12. The summed E-state index contributed by atoms with van der Waals surface area (Å²) in [7, 11) is 0. The van der Waals surface area contributed by atoms with E-state index in [1.54, 1.807) is 0 Å². The quantitative estimate of drug-likeness (QED) is 0.906. The van der Waals surface area contributed by atoms with E-state index in [1.165, 1.54) is 30.1 Å². The maximum absolute atomic E-state index is 4.97. The van der Waals surface area contributed by atoms with Crippen LogP contribution in [0.25, 0.3) is 0 Å². The molecule has 0 aromatic carbocycles. The Hall–Kier alpha value is -0.830. The molecule has 3 nitrogen and oxygen atoms in total. The number of hydrogen-bond donors (Lipinski definition) is 1. The van der Waals surface area contributed by atoms with Gasteiger partial charge in [0.1, 0.15) is 5.82 Å². The van der Waals surface area contributed by atoms with Gasteiger partial charge in [-0.3, -0.25) is 0 Å². The first kappa shape index (κ1) is 15.6. The second-order valence-corrected chi connectivity index (χ2v) is 7.70. The summed E-state index contributed by atoms with van der Waals surface area (Å²) < 4.78 is 2.55. The molecular formula is C17H31N3. The van der Waals surface area contributed by atoms with Crippen LogP contribution >= 0.6 is 0 Å². The van der Waals surface area contributed by atoms with Gasteiger partial charge in [0.05, 0.1) is 5.69 Å². The summed E-state index contributed by atoms with van der Waals surface area (Å²) in [4.78, 5) is 4.97. The zero-order valence-corrected chi connectivity index (χ0v) is 14.1. The van der Waals surface area contributed by atoms with Crippen molar-refractivity contribution >= 4 is 0 Å². The molecule has 0 saturated heterocycles. The van der Waals surface area contributed by atoms with Gasteiger partial charge in [0.25, 0.3) is 0 Å². The van der Waals surface area contributed by atoms with Crippen molar-refractivity contribution in [3.63, 3.8) is 0 Å². The highest BCUT2D eigenvalue weighted by Gasteiger charge is 2.29. The largest absolute Gasteiger partial charge is 0.328 e. The maximum Gasteiger partial charge on any atom is 0.114 e. The summed E-state index contributed by atoms with van der Waals surface area (Å²) in [6, 6.07) is 0.556. The van der Waals surface area contributed by atoms with E-state index in [0.29, 0.717) is 6.04 Å². The number of fused-ring (bicyclic) bond motifs is 1. The molecule has 0 saturated carbocycles. The third-order valence-electron chi connectivity index (χ3n) is 4.20. The molecule has 1 unspecified atom stereocenters. The molecule has 0 bridgehead atoms. The first-order valence-electron chi connectivity index (χ1n) is 8.12. The van der Waals surface area contributed by atoms with Gasteiger partial charge in [-0.05, 0) is 25.7 Å². The standard InChI is InChI=1S/C17H31N3/c1-12(2)7-8-13(3)20-15-9-10-18-11-14(15)19-16(20)17(4,5)6/h12-13,18H,7-11H2,1-6H3. The first-order chi connectivity index (χ1) is 9.30. The van der Waals surface area contributed by atoms with Crippen LogP contribution in [0.2, 0.25) is 0 Å². The van der Waals surface area contributed by atoms with E-state index >= 15 is 0 Å². The maximum atomic E-state index is 4.97. The van der Waals surface area contributed by atoms with Gasteiger partial charge in [-0.15, -0.1) is 0 Å². The van der Waals surface area contributed by atoms with Crippen molar-refractivity contribution in [1.29, 1.82) is 0 Å². The summed E-state index contributed by atoms with van der Waals surface area (Å²) in [5.74, 6) is 2.04. The van der Waals surface area contributed by atoms with Crippen LogP contribution in [0.15, 0.2) is 0 Å². The van der Waals surface area contributed by atoms with E-state index in [4.69, 9.17) is 4.98 Å². The molecule has 0 radical (unpaired) electrons. The van der Waals surface area contributed by atoms with E-state index in [2.05, 4.69) is 51.4 Å². The van der Waals surface area contributed by atoms with Gasteiger partial charge >= 0.3 is 0 Å². The predicted molar refractivity (Wildman–Crippen MR) is 85.1 cm³/mol. The van der Waals surface area contributed by atoms with Crippen LogP contribution in [0.4, 0.5) is 0 Å². The molecule has 1 aliphatic heterocycles. The lowest BCUT2D eigenvalue weighted by Gasteiger charge is -2.27. The Bertz CT molecular complexity index is 452. The predicted octanol–water partition coefficient (Wildman–Crippen LogP) is 3.82. The van der Waals surface area contributed by atoms with Crippen LogP contribution in [0, 0.1) is 5.92 Å². The molecular weight excluding hydrogens is 246 g/mol. The molecule has 3 heteroatoms. The lowest BCUT2D eigenvalue weighted by Crippen LogP contribution is -2.27. The topological polar surface area (TPSA) is 29.9 Å². The van der Waals surface area contributed by atoms with Crippen molar-refractivity contribution in [3.05, 3.63) is 17.2 Å². The van der Waals surface area contributed by atoms with Gasteiger partial charge in [-0.25, -0.2) is 4.98 Å². The fourth-order valence-corrected chi connectivity index (χ4v) is 3.04. The SMILES string of the molecule is CC(C)CCC(C)n1c(C(C)(C)C)nc2c1CCNC2. The minimum Gasteiger partial charge on any atom is -0.328 e. The van der Waals surface area contributed by atoms with Crippen molar-refractivity contribution in [3.8, 4) is 0 Å². The smallest absolute Gasteiger partial charge is 0.114 e. The van der Waals surface area contributed by atoms with Crippen LogP contribution in [0.5, 0.6) is 0 Å². The molecule has 0 fully saturated rings. The van der Waals surface area contributed by atoms with Crippen LogP contribution in [0.1, 0.15) is 77.6 Å². The monoisotopic (exact) mass is 277 g/mol. The number of aromatic nitrogens is 2. The van der Waals surface area contributed by atoms with E-state index in [0.717, 1.165) is 25.4 Å². The number of rotatable bonds is 4. The molecule has 1 aromatic heterocycles. The zero-order valence-electron chi connectivity index (χ0n) is 14.1. The second-order valence-electron chi connectivity index (χ2n) is 7.70. The molecule has 1 atom stereocenters. The Balaban J connectivity index is 2.35. The summed E-state index contributed by atoms with van der Waals surface area (Å²) in [6.45, 7) is 15.8. The van der Waals surface area contributed by atoms with Gasteiger partial charge in [0.2, 0.25) is 0 Å². The number of imidazole rings is 1. The van der Waals surface area contributed by atoms with Crippen LogP contribution < -0.4 is 5.32 Å². The molecule has 1 N–H and O–H groups in total. The Kier molecular flexibility index (Phi) is 4.58. The average Bonchev–Trinajstić information content (AvgIpc) is 2.75. The molecule has 2 rings (SSSR count). The van der Waals surface area contributed by atoms with E-state index in [1.807, 2.05) is 0 Å². The highest BCUT2D eigenvalue weighted by molar-refractivity contribution is 5.24. The number of hydrogen-bond acceptors (Lipinski definition) is 2. The minimum atomic E-state index is 0.115. The molecule has 1 aliphatic rings. The van der Waals surface area contributed by atoms with Gasteiger partial charge in [0.15, 0.2) is 0 Å². The van der Waals surface area contributed by atoms with Crippen LogP contribution in [0.3, 0.4) is 0 Å². The molecule has 1 aromatic rings. The second kappa shape index (κ2) is 5.88. The summed E-state index contributed by atoms with van der Waals surface area (Å²) in [6.07, 6.45) is 3.65. The van der Waals surface area contributed by atoms with Gasteiger partial charge < -0.3 is 9.88 Å². The Morgan fingerprint density at radius 3 is 2.50 bits per heavy atom. The Morgan fingerprint density at radius 2 is 1.90 bits per heavy atom. The lowest BCUT2D eigenvalue weighted by atomic mass is 9.94. The van der Waals surface area contributed by atoms with Crippen LogP contribution in [-0.4, -0.2) is 16.1 Å². The normalized spacial score (nSPS) is 17.4. The molecule has 0 spiro atoms. The average molecular weight is 277 g/mol. The van der Waals surface area contributed by atoms with Gasteiger partial charge in [-0.2, -0.15) is 0 Å². The zero-order chi connectivity index (χ0) is 14.9. The Labute approximate surface area is 124 Å². The summed E-state index contributed by atoms with van der Waals surface area (Å²) in [5.41, 5.74) is 2.87.